The minimum absolute atomic E-state index is 0.303. The molecule has 0 aromatic heterocycles. The molecule has 0 aliphatic carbocycles. The Kier molecular flexibility index (Phi) is 3.97. The molecule has 1 aromatic carbocycles. The van der Waals surface area contributed by atoms with Crippen LogP contribution in [-0.2, 0) is 0 Å². The highest BCUT2D eigenvalue weighted by Crippen LogP contribution is 2.24. The van der Waals surface area contributed by atoms with Crippen molar-refractivity contribution in [2.24, 2.45) is 0 Å². The maximum atomic E-state index is 13.9. The number of aldehydes is 1. The fraction of sp³-hybridized carbons (Fsp3) is 0.500. The predicted molar refractivity (Wildman–Crippen MR) is 70.7 cm³/mol. The van der Waals surface area contributed by atoms with Gasteiger partial charge in [0.1, 0.15) is 12.1 Å². The fourth-order valence-electron chi connectivity index (χ4n) is 2.48. The van der Waals surface area contributed by atoms with Crippen LogP contribution in [0, 0.1) is 5.82 Å². The van der Waals surface area contributed by atoms with Crippen LogP contribution < -0.4 is 4.90 Å². The molecule has 1 aliphatic rings. The van der Waals surface area contributed by atoms with Crippen molar-refractivity contribution in [1.29, 1.82) is 0 Å². The van der Waals surface area contributed by atoms with Crippen LogP contribution in [0.4, 0.5) is 10.1 Å². The standard InChI is InChI=1S/C14H19FN2O/c1-16(2)12-5-7-17(8-6-12)14-4-3-11(10-18)9-13(14)15/h3-4,9-10,12H,5-8H2,1-2H3. The van der Waals surface area contributed by atoms with Crippen molar-refractivity contribution >= 4 is 12.0 Å². The van der Waals surface area contributed by atoms with E-state index in [-0.39, 0.29) is 5.82 Å². The van der Waals surface area contributed by atoms with Gasteiger partial charge in [-0.25, -0.2) is 4.39 Å². The van der Waals surface area contributed by atoms with E-state index in [1.165, 1.54) is 6.07 Å². The number of carbonyl (C=O) groups excluding carboxylic acids is 1. The largest absolute Gasteiger partial charge is 0.369 e. The molecule has 0 unspecified atom stereocenters. The summed E-state index contributed by atoms with van der Waals surface area (Å²) >= 11 is 0. The molecule has 98 valence electrons. The monoisotopic (exact) mass is 250 g/mol. The topological polar surface area (TPSA) is 23.6 Å². The van der Waals surface area contributed by atoms with Gasteiger partial charge in [0.05, 0.1) is 5.69 Å². The number of hydrogen-bond acceptors (Lipinski definition) is 3. The number of benzene rings is 1. The lowest BCUT2D eigenvalue weighted by Crippen LogP contribution is -2.42. The molecule has 0 saturated carbocycles. The Morgan fingerprint density at radius 3 is 2.50 bits per heavy atom. The molecule has 0 N–H and O–H groups in total. The van der Waals surface area contributed by atoms with Crippen molar-refractivity contribution in [2.75, 3.05) is 32.1 Å². The molecular formula is C14H19FN2O. The Morgan fingerprint density at radius 1 is 1.33 bits per heavy atom. The minimum Gasteiger partial charge on any atom is -0.369 e. The molecule has 0 bridgehead atoms. The van der Waals surface area contributed by atoms with Gasteiger partial charge in [-0.15, -0.1) is 0 Å². The Bertz CT molecular complexity index is 426. The van der Waals surface area contributed by atoms with Crippen molar-refractivity contribution in [2.45, 2.75) is 18.9 Å². The van der Waals surface area contributed by atoms with Crippen molar-refractivity contribution in [3.63, 3.8) is 0 Å². The lowest BCUT2D eigenvalue weighted by atomic mass is 10.0. The van der Waals surface area contributed by atoms with Gasteiger partial charge in [0.2, 0.25) is 0 Å². The summed E-state index contributed by atoms with van der Waals surface area (Å²) in [6, 6.07) is 5.26. The maximum absolute atomic E-state index is 13.9. The van der Waals surface area contributed by atoms with E-state index in [0.29, 0.717) is 23.6 Å². The summed E-state index contributed by atoms with van der Waals surface area (Å²) < 4.78 is 13.9. The molecule has 1 saturated heterocycles. The number of piperidine rings is 1. The van der Waals surface area contributed by atoms with Gasteiger partial charge in [-0.05, 0) is 45.1 Å². The zero-order valence-corrected chi connectivity index (χ0v) is 10.9. The van der Waals surface area contributed by atoms with Gasteiger partial charge in [-0.2, -0.15) is 0 Å². The van der Waals surface area contributed by atoms with E-state index >= 15 is 0 Å². The predicted octanol–water partition coefficient (Wildman–Crippen LogP) is 2.17. The minimum atomic E-state index is -0.303. The lowest BCUT2D eigenvalue weighted by Gasteiger charge is -2.36. The number of carbonyl (C=O) groups is 1. The summed E-state index contributed by atoms with van der Waals surface area (Å²) in [4.78, 5) is 14.9. The molecule has 4 heteroatoms. The van der Waals surface area contributed by atoms with Crippen molar-refractivity contribution < 1.29 is 9.18 Å². The van der Waals surface area contributed by atoms with Gasteiger partial charge >= 0.3 is 0 Å². The Morgan fingerprint density at radius 2 is 2.00 bits per heavy atom. The average molecular weight is 250 g/mol. The molecule has 18 heavy (non-hydrogen) atoms. The smallest absolute Gasteiger partial charge is 0.150 e. The van der Waals surface area contributed by atoms with Gasteiger partial charge in [0, 0.05) is 24.7 Å². The molecule has 1 heterocycles. The highest BCUT2D eigenvalue weighted by atomic mass is 19.1. The first-order valence-corrected chi connectivity index (χ1v) is 6.28. The van der Waals surface area contributed by atoms with E-state index in [4.69, 9.17) is 0 Å². The quantitative estimate of drug-likeness (QED) is 0.768. The number of anilines is 1. The van der Waals surface area contributed by atoms with Crippen LogP contribution in [0.5, 0.6) is 0 Å². The van der Waals surface area contributed by atoms with E-state index in [0.717, 1.165) is 25.9 Å². The molecular weight excluding hydrogens is 231 g/mol. The molecule has 2 rings (SSSR count). The van der Waals surface area contributed by atoms with E-state index in [9.17, 15) is 9.18 Å². The molecule has 0 atom stereocenters. The van der Waals surface area contributed by atoms with Gasteiger partial charge < -0.3 is 9.80 Å². The average Bonchev–Trinajstić information content (AvgIpc) is 2.38. The summed E-state index contributed by atoms with van der Waals surface area (Å²) in [7, 11) is 4.17. The van der Waals surface area contributed by atoms with Gasteiger partial charge in [-0.1, -0.05) is 0 Å². The van der Waals surface area contributed by atoms with E-state index in [1.807, 2.05) is 0 Å². The Hall–Kier alpha value is -1.42. The number of nitrogens with zero attached hydrogens (tertiary/aromatic N) is 2. The van der Waals surface area contributed by atoms with Crippen LogP contribution in [0.1, 0.15) is 23.2 Å². The number of halogens is 1. The second-order valence-electron chi connectivity index (χ2n) is 5.01. The molecule has 1 aromatic rings. The summed E-state index contributed by atoms with van der Waals surface area (Å²) in [5, 5.41) is 0. The third-order valence-corrected chi connectivity index (χ3v) is 3.64. The van der Waals surface area contributed by atoms with Crippen LogP contribution in [0.2, 0.25) is 0 Å². The van der Waals surface area contributed by atoms with Crippen LogP contribution in [0.15, 0.2) is 18.2 Å². The summed E-state index contributed by atoms with van der Waals surface area (Å²) in [5.41, 5.74) is 0.997. The number of rotatable bonds is 3. The second-order valence-corrected chi connectivity index (χ2v) is 5.01. The molecule has 1 fully saturated rings. The Balaban J connectivity index is 2.07. The molecule has 0 spiro atoms. The van der Waals surface area contributed by atoms with Crippen molar-refractivity contribution in [3.05, 3.63) is 29.6 Å². The normalized spacial score (nSPS) is 17.2. The lowest BCUT2D eigenvalue weighted by molar-refractivity contribution is 0.112. The first-order valence-electron chi connectivity index (χ1n) is 6.28. The SMILES string of the molecule is CN(C)C1CCN(c2ccc(C=O)cc2F)CC1. The Labute approximate surface area is 107 Å². The maximum Gasteiger partial charge on any atom is 0.150 e. The van der Waals surface area contributed by atoms with Crippen molar-refractivity contribution in [1.82, 2.24) is 4.90 Å². The third-order valence-electron chi connectivity index (χ3n) is 3.64. The molecule has 1 aliphatic heterocycles. The van der Waals surface area contributed by atoms with Crippen LogP contribution in [0.25, 0.3) is 0 Å². The number of hydrogen-bond donors (Lipinski definition) is 0. The molecule has 0 radical (unpaired) electrons. The third kappa shape index (κ3) is 2.70. The van der Waals surface area contributed by atoms with Gasteiger partial charge in [-0.3, -0.25) is 4.79 Å². The van der Waals surface area contributed by atoms with Crippen molar-refractivity contribution in [3.8, 4) is 0 Å². The van der Waals surface area contributed by atoms with Crippen LogP contribution >= 0.6 is 0 Å². The van der Waals surface area contributed by atoms with Crippen LogP contribution in [-0.4, -0.2) is 44.4 Å². The van der Waals surface area contributed by atoms with E-state index in [1.54, 1.807) is 12.1 Å². The fourth-order valence-corrected chi connectivity index (χ4v) is 2.48. The van der Waals surface area contributed by atoms with Crippen LogP contribution in [0.3, 0.4) is 0 Å². The van der Waals surface area contributed by atoms with Gasteiger partial charge in [0.15, 0.2) is 0 Å². The van der Waals surface area contributed by atoms with E-state index < -0.39 is 0 Å². The van der Waals surface area contributed by atoms with E-state index in [2.05, 4.69) is 23.9 Å². The summed E-state index contributed by atoms with van der Waals surface area (Å²) in [6.45, 7) is 1.72. The molecule has 0 amide bonds. The molecule has 3 nitrogen and oxygen atoms in total. The zero-order chi connectivity index (χ0) is 13.1. The zero-order valence-electron chi connectivity index (χ0n) is 10.9. The first kappa shape index (κ1) is 13.0. The highest BCUT2D eigenvalue weighted by molar-refractivity contribution is 5.76. The highest BCUT2D eigenvalue weighted by Gasteiger charge is 2.22. The first-order chi connectivity index (χ1) is 8.61. The summed E-state index contributed by atoms with van der Waals surface area (Å²) in [6.07, 6.45) is 2.76. The second kappa shape index (κ2) is 5.48. The summed E-state index contributed by atoms with van der Waals surface area (Å²) in [5.74, 6) is -0.303. The van der Waals surface area contributed by atoms with Gasteiger partial charge in [0.25, 0.3) is 0 Å².